The summed E-state index contributed by atoms with van der Waals surface area (Å²) in [5.74, 6) is 0.0244. The Morgan fingerprint density at radius 3 is 2.54 bits per heavy atom. The molecule has 1 heterocycles. The smallest absolute Gasteiger partial charge is 0.365 e. The van der Waals surface area contributed by atoms with E-state index in [4.69, 9.17) is 0 Å². The van der Waals surface area contributed by atoms with Crippen molar-refractivity contribution in [3.05, 3.63) is 65.2 Å². The Bertz CT molecular complexity index is 891. The normalized spacial score (nSPS) is 11.7. The van der Waals surface area contributed by atoms with Crippen LogP contribution in [-0.2, 0) is 12.7 Å². The van der Waals surface area contributed by atoms with Gasteiger partial charge in [-0.2, -0.15) is 13.2 Å². The van der Waals surface area contributed by atoms with Crippen molar-refractivity contribution in [1.82, 2.24) is 9.97 Å². The van der Waals surface area contributed by atoms with Crippen LogP contribution in [0, 0.1) is 12.7 Å². The number of alkyl halides is 3. The van der Waals surface area contributed by atoms with Gasteiger partial charge in [0.25, 0.3) is 0 Å². The number of aryl methyl sites for hydroxylation is 1. The Hall–Kier alpha value is -2.70. The second-order valence-corrected chi connectivity index (χ2v) is 5.29. The molecular formula is C17H13F4N3. The molecule has 0 aliphatic heterocycles. The molecule has 2 aromatic carbocycles. The van der Waals surface area contributed by atoms with Crippen molar-refractivity contribution >= 4 is 16.7 Å². The molecule has 3 nitrogen and oxygen atoms in total. The van der Waals surface area contributed by atoms with Crippen LogP contribution in [0.2, 0.25) is 0 Å². The van der Waals surface area contributed by atoms with E-state index in [1.54, 1.807) is 25.1 Å². The molecule has 0 amide bonds. The Labute approximate surface area is 135 Å². The van der Waals surface area contributed by atoms with Crippen LogP contribution >= 0.6 is 0 Å². The number of rotatable bonds is 3. The predicted molar refractivity (Wildman–Crippen MR) is 83.0 cm³/mol. The first-order valence-electron chi connectivity index (χ1n) is 7.17. The Kier molecular flexibility index (Phi) is 4.09. The standard InChI is InChI=1S/C17H13F4N3/c1-10-23-15-5-3-2-4-13(15)16(24-10)22-9-11-6-7-12(18)8-14(11)17(19,20)21/h2-8H,9H2,1H3,(H,22,23,24). The van der Waals surface area contributed by atoms with Crippen LogP contribution in [0.3, 0.4) is 0 Å². The first-order valence-corrected chi connectivity index (χ1v) is 7.17. The van der Waals surface area contributed by atoms with Gasteiger partial charge in [-0.15, -0.1) is 0 Å². The van der Waals surface area contributed by atoms with E-state index < -0.39 is 17.6 Å². The monoisotopic (exact) mass is 335 g/mol. The van der Waals surface area contributed by atoms with Crippen LogP contribution in [0.25, 0.3) is 10.9 Å². The maximum absolute atomic E-state index is 13.2. The van der Waals surface area contributed by atoms with Gasteiger partial charge in [-0.25, -0.2) is 14.4 Å². The molecule has 0 aliphatic rings. The van der Waals surface area contributed by atoms with E-state index in [1.807, 2.05) is 6.07 Å². The van der Waals surface area contributed by atoms with Crippen LogP contribution in [0.5, 0.6) is 0 Å². The molecule has 0 radical (unpaired) electrons. The first kappa shape index (κ1) is 16.2. The van der Waals surface area contributed by atoms with E-state index in [0.717, 1.165) is 12.1 Å². The number of nitrogens with zero attached hydrogens (tertiary/aromatic N) is 2. The lowest BCUT2D eigenvalue weighted by Gasteiger charge is -2.15. The number of benzene rings is 2. The Balaban J connectivity index is 1.95. The minimum Gasteiger partial charge on any atom is -0.365 e. The minimum atomic E-state index is -4.62. The van der Waals surface area contributed by atoms with Crippen molar-refractivity contribution < 1.29 is 17.6 Å². The maximum Gasteiger partial charge on any atom is 0.416 e. The number of hydrogen-bond donors (Lipinski definition) is 1. The number of halogens is 4. The minimum absolute atomic E-state index is 0.0516. The molecule has 0 unspecified atom stereocenters. The molecule has 3 aromatic rings. The molecule has 0 aliphatic carbocycles. The van der Waals surface area contributed by atoms with Gasteiger partial charge >= 0.3 is 6.18 Å². The quantitative estimate of drug-likeness (QED) is 0.705. The number of fused-ring (bicyclic) bond motifs is 1. The third kappa shape index (κ3) is 3.29. The van der Waals surface area contributed by atoms with Crippen molar-refractivity contribution in [1.29, 1.82) is 0 Å². The molecule has 7 heteroatoms. The molecule has 0 saturated carbocycles. The highest BCUT2D eigenvalue weighted by Gasteiger charge is 2.33. The summed E-state index contributed by atoms with van der Waals surface area (Å²) in [5.41, 5.74) is -0.350. The van der Waals surface area contributed by atoms with Crippen LogP contribution < -0.4 is 5.32 Å². The molecule has 0 bridgehead atoms. The van der Waals surface area contributed by atoms with E-state index >= 15 is 0 Å². The highest BCUT2D eigenvalue weighted by molar-refractivity contribution is 5.88. The second-order valence-electron chi connectivity index (χ2n) is 5.29. The highest BCUT2D eigenvalue weighted by atomic mass is 19.4. The fourth-order valence-electron chi connectivity index (χ4n) is 2.47. The molecule has 0 saturated heterocycles. The summed E-state index contributed by atoms with van der Waals surface area (Å²) in [6.45, 7) is 1.58. The van der Waals surface area contributed by atoms with E-state index in [-0.39, 0.29) is 12.1 Å². The van der Waals surface area contributed by atoms with Gasteiger partial charge in [0.2, 0.25) is 0 Å². The summed E-state index contributed by atoms with van der Waals surface area (Å²) >= 11 is 0. The summed E-state index contributed by atoms with van der Waals surface area (Å²) in [6.07, 6.45) is -4.62. The zero-order chi connectivity index (χ0) is 17.3. The van der Waals surface area contributed by atoms with Gasteiger partial charge in [0.05, 0.1) is 11.1 Å². The summed E-state index contributed by atoms with van der Waals surface area (Å²) < 4.78 is 52.3. The molecule has 1 aromatic heterocycles. The number of nitrogens with one attached hydrogen (secondary N) is 1. The number of para-hydroxylation sites is 1. The van der Waals surface area contributed by atoms with Gasteiger partial charge in [-0.1, -0.05) is 18.2 Å². The predicted octanol–water partition coefficient (Wildman–Crippen LogP) is 4.71. The van der Waals surface area contributed by atoms with E-state index in [0.29, 0.717) is 28.6 Å². The average molecular weight is 335 g/mol. The number of hydrogen-bond acceptors (Lipinski definition) is 3. The number of aromatic nitrogens is 2. The maximum atomic E-state index is 13.2. The zero-order valence-electron chi connectivity index (χ0n) is 12.7. The van der Waals surface area contributed by atoms with Gasteiger partial charge in [0.15, 0.2) is 0 Å². The fourth-order valence-corrected chi connectivity index (χ4v) is 2.47. The molecule has 124 valence electrons. The summed E-state index contributed by atoms with van der Waals surface area (Å²) in [7, 11) is 0. The van der Waals surface area contributed by atoms with E-state index in [2.05, 4.69) is 15.3 Å². The lowest BCUT2D eigenvalue weighted by atomic mass is 10.1. The molecule has 3 rings (SSSR count). The summed E-state index contributed by atoms with van der Waals surface area (Å²) in [4.78, 5) is 8.53. The van der Waals surface area contributed by atoms with Gasteiger partial charge in [0.1, 0.15) is 17.5 Å². The first-order chi connectivity index (χ1) is 11.3. The molecule has 1 N–H and O–H groups in total. The molecule has 0 atom stereocenters. The Morgan fingerprint density at radius 2 is 1.79 bits per heavy atom. The third-order valence-corrected chi connectivity index (χ3v) is 3.54. The SMILES string of the molecule is Cc1nc(NCc2ccc(F)cc2C(F)(F)F)c2ccccc2n1. The van der Waals surface area contributed by atoms with Crippen LogP contribution in [0.15, 0.2) is 42.5 Å². The summed E-state index contributed by atoms with van der Waals surface area (Å²) in [6, 6.07) is 9.84. The van der Waals surface area contributed by atoms with Crippen molar-refractivity contribution in [2.45, 2.75) is 19.6 Å². The van der Waals surface area contributed by atoms with Gasteiger partial charge in [-0.3, -0.25) is 0 Å². The fraction of sp³-hybridized carbons (Fsp3) is 0.176. The molecular weight excluding hydrogens is 322 g/mol. The van der Waals surface area contributed by atoms with E-state index in [9.17, 15) is 17.6 Å². The third-order valence-electron chi connectivity index (χ3n) is 3.54. The molecule has 24 heavy (non-hydrogen) atoms. The van der Waals surface area contributed by atoms with Crippen LogP contribution in [0.1, 0.15) is 17.0 Å². The lowest BCUT2D eigenvalue weighted by molar-refractivity contribution is -0.138. The van der Waals surface area contributed by atoms with Crippen molar-refractivity contribution in [2.24, 2.45) is 0 Å². The van der Waals surface area contributed by atoms with E-state index in [1.165, 1.54) is 0 Å². The zero-order valence-corrected chi connectivity index (χ0v) is 12.7. The highest BCUT2D eigenvalue weighted by Crippen LogP contribution is 2.33. The molecule has 0 spiro atoms. The topological polar surface area (TPSA) is 37.8 Å². The van der Waals surface area contributed by atoms with Gasteiger partial charge in [-0.05, 0) is 36.8 Å². The van der Waals surface area contributed by atoms with Gasteiger partial charge in [0, 0.05) is 11.9 Å². The molecule has 0 fully saturated rings. The van der Waals surface area contributed by atoms with Gasteiger partial charge < -0.3 is 5.32 Å². The Morgan fingerprint density at radius 1 is 1.04 bits per heavy atom. The van der Waals surface area contributed by atoms with Crippen LogP contribution in [0.4, 0.5) is 23.4 Å². The van der Waals surface area contributed by atoms with Crippen molar-refractivity contribution in [3.63, 3.8) is 0 Å². The second kappa shape index (κ2) is 6.07. The largest absolute Gasteiger partial charge is 0.416 e. The van der Waals surface area contributed by atoms with Crippen molar-refractivity contribution in [2.75, 3.05) is 5.32 Å². The summed E-state index contributed by atoms with van der Waals surface area (Å²) in [5, 5.41) is 3.61. The van der Waals surface area contributed by atoms with Crippen LogP contribution in [-0.4, -0.2) is 9.97 Å². The number of anilines is 1. The van der Waals surface area contributed by atoms with Crippen molar-refractivity contribution in [3.8, 4) is 0 Å². The average Bonchev–Trinajstić information content (AvgIpc) is 2.52. The lowest BCUT2D eigenvalue weighted by Crippen LogP contribution is -2.13.